The van der Waals surface area contributed by atoms with Crippen molar-refractivity contribution in [3.8, 4) is 0 Å². The van der Waals surface area contributed by atoms with Crippen LogP contribution in [0, 0.1) is 0 Å². The van der Waals surface area contributed by atoms with Gasteiger partial charge in [-0.2, -0.15) is 0 Å². The molecule has 160 valence electrons. The van der Waals surface area contributed by atoms with Gasteiger partial charge in [0.25, 0.3) is 0 Å². The molecule has 1 saturated heterocycles. The van der Waals surface area contributed by atoms with E-state index in [2.05, 4.69) is 13.0 Å². The van der Waals surface area contributed by atoms with Crippen LogP contribution in [0.15, 0.2) is 36.5 Å². The van der Waals surface area contributed by atoms with Crippen molar-refractivity contribution in [2.24, 2.45) is 0 Å². The minimum absolute atomic E-state index is 0.386. The Morgan fingerprint density at radius 1 is 0.929 bits per heavy atom. The molecule has 2 atom stereocenters. The molecule has 0 bridgehead atoms. The number of aliphatic hydroxyl groups excluding tert-OH is 2. The number of rotatable bonds is 17. The molecule has 0 radical (unpaired) electrons. The van der Waals surface area contributed by atoms with Gasteiger partial charge in [0.05, 0.1) is 25.4 Å². The molecule has 1 aliphatic rings. The molecule has 0 aliphatic carbocycles. The van der Waals surface area contributed by atoms with Gasteiger partial charge in [-0.05, 0) is 25.7 Å². The fourth-order valence-electron chi connectivity index (χ4n) is 3.02. The Kier molecular flexibility index (Phi) is 14.5. The van der Waals surface area contributed by atoms with E-state index in [-0.39, 0.29) is 13.2 Å². The molecule has 5 nitrogen and oxygen atoms in total. The van der Waals surface area contributed by atoms with Crippen molar-refractivity contribution in [1.29, 1.82) is 0 Å². The summed E-state index contributed by atoms with van der Waals surface area (Å²) in [5.41, 5.74) is 0. The number of hydrogen-bond donors (Lipinski definition) is 2. The summed E-state index contributed by atoms with van der Waals surface area (Å²) in [5.74, 6) is -0.578. The predicted octanol–water partition coefficient (Wildman–Crippen LogP) is 4.24. The lowest BCUT2D eigenvalue weighted by Crippen LogP contribution is -2.24. The van der Waals surface area contributed by atoms with E-state index < -0.39 is 12.1 Å². The summed E-state index contributed by atoms with van der Waals surface area (Å²) in [6.07, 6.45) is 23.3. The Labute approximate surface area is 170 Å². The molecule has 0 aromatic carbocycles. The lowest BCUT2D eigenvalue weighted by Gasteiger charge is -2.09. The number of carbonyl (C=O) groups is 1. The molecule has 0 aromatic rings. The third kappa shape index (κ3) is 12.9. The summed E-state index contributed by atoms with van der Waals surface area (Å²) in [6.45, 7) is 1.47. The highest BCUT2D eigenvalue weighted by molar-refractivity contribution is 5.82. The van der Waals surface area contributed by atoms with Crippen molar-refractivity contribution in [1.82, 2.24) is 0 Å². The lowest BCUT2D eigenvalue weighted by molar-refractivity contribution is -0.147. The van der Waals surface area contributed by atoms with Crippen LogP contribution in [-0.2, 0) is 14.3 Å². The van der Waals surface area contributed by atoms with Crippen molar-refractivity contribution in [3.05, 3.63) is 36.5 Å². The van der Waals surface area contributed by atoms with E-state index in [0.29, 0.717) is 12.2 Å². The van der Waals surface area contributed by atoms with Crippen molar-refractivity contribution in [3.63, 3.8) is 0 Å². The fourth-order valence-corrected chi connectivity index (χ4v) is 3.02. The Bertz CT molecular complexity index is 479. The molecule has 1 fully saturated rings. The fraction of sp³-hybridized carbons (Fsp3) is 0.696. The summed E-state index contributed by atoms with van der Waals surface area (Å²) in [6, 6.07) is 0. The van der Waals surface area contributed by atoms with Gasteiger partial charge in [-0.25, -0.2) is 4.79 Å². The maximum atomic E-state index is 11.4. The van der Waals surface area contributed by atoms with Gasteiger partial charge in [0.2, 0.25) is 0 Å². The van der Waals surface area contributed by atoms with Gasteiger partial charge in [-0.1, -0.05) is 75.8 Å². The third-order valence-electron chi connectivity index (χ3n) is 4.78. The van der Waals surface area contributed by atoms with Gasteiger partial charge < -0.3 is 19.7 Å². The first kappa shape index (κ1) is 24.6. The Hall–Kier alpha value is -1.43. The van der Waals surface area contributed by atoms with Crippen LogP contribution in [0.4, 0.5) is 0 Å². The first-order valence-electron chi connectivity index (χ1n) is 10.8. The molecule has 2 unspecified atom stereocenters. The molecular formula is C23H38O5. The zero-order valence-electron chi connectivity index (χ0n) is 17.3. The largest absolute Gasteiger partial charge is 0.454 e. The van der Waals surface area contributed by atoms with E-state index in [4.69, 9.17) is 19.7 Å². The van der Waals surface area contributed by atoms with Crippen LogP contribution in [0.2, 0.25) is 0 Å². The molecule has 1 aliphatic heterocycles. The van der Waals surface area contributed by atoms with Crippen LogP contribution < -0.4 is 0 Å². The SMILES string of the molecule is CCCCCC1OC1CCCCCCC=CC=CC=CC(=O)OC(CO)CO. The predicted molar refractivity (Wildman–Crippen MR) is 112 cm³/mol. The van der Waals surface area contributed by atoms with E-state index in [9.17, 15) is 4.79 Å². The molecule has 28 heavy (non-hydrogen) atoms. The standard InChI is InChI=1S/C23H38O5/c1-2-3-12-15-21-22(28-21)16-13-10-8-6-4-5-7-9-11-14-17-23(26)27-20(18-24)19-25/h5,7,9,11,14,17,20-22,24-25H,2-4,6,8,10,12-13,15-16,18-19H2,1H3. The molecule has 1 heterocycles. The average molecular weight is 395 g/mol. The number of aliphatic hydroxyl groups is 2. The number of epoxide rings is 1. The van der Waals surface area contributed by atoms with Gasteiger partial charge in [0.1, 0.15) is 6.10 Å². The lowest BCUT2D eigenvalue weighted by atomic mass is 10.1. The highest BCUT2D eigenvalue weighted by Gasteiger charge is 2.36. The van der Waals surface area contributed by atoms with Crippen molar-refractivity contribution < 1.29 is 24.5 Å². The smallest absolute Gasteiger partial charge is 0.331 e. The number of ether oxygens (including phenoxy) is 2. The average Bonchev–Trinajstić information content (AvgIpc) is 3.45. The van der Waals surface area contributed by atoms with Crippen molar-refractivity contribution >= 4 is 5.97 Å². The second-order valence-electron chi connectivity index (χ2n) is 7.30. The number of carbonyl (C=O) groups excluding carboxylic acids is 1. The Morgan fingerprint density at radius 3 is 2.25 bits per heavy atom. The van der Waals surface area contributed by atoms with Gasteiger partial charge in [-0.15, -0.1) is 0 Å². The topological polar surface area (TPSA) is 79.3 Å². The minimum Gasteiger partial charge on any atom is -0.454 e. The maximum Gasteiger partial charge on any atom is 0.331 e. The summed E-state index contributed by atoms with van der Waals surface area (Å²) in [4.78, 5) is 11.4. The highest BCUT2D eigenvalue weighted by atomic mass is 16.6. The molecule has 0 aromatic heterocycles. The summed E-state index contributed by atoms with van der Waals surface area (Å²) < 4.78 is 10.5. The molecule has 0 spiro atoms. The Morgan fingerprint density at radius 2 is 1.57 bits per heavy atom. The highest BCUT2D eigenvalue weighted by Crippen LogP contribution is 2.31. The first-order chi connectivity index (χ1) is 13.7. The van der Waals surface area contributed by atoms with E-state index in [1.807, 2.05) is 12.2 Å². The molecular weight excluding hydrogens is 356 g/mol. The van der Waals surface area contributed by atoms with E-state index in [1.54, 1.807) is 12.2 Å². The van der Waals surface area contributed by atoms with E-state index >= 15 is 0 Å². The monoisotopic (exact) mass is 394 g/mol. The summed E-state index contributed by atoms with van der Waals surface area (Å²) in [7, 11) is 0. The number of hydrogen-bond acceptors (Lipinski definition) is 5. The van der Waals surface area contributed by atoms with Gasteiger partial charge in [0.15, 0.2) is 0 Å². The normalized spacial score (nSPS) is 19.4. The van der Waals surface area contributed by atoms with Crippen molar-refractivity contribution in [2.45, 2.75) is 89.4 Å². The minimum atomic E-state index is -0.856. The summed E-state index contributed by atoms with van der Waals surface area (Å²) >= 11 is 0. The van der Waals surface area contributed by atoms with Crippen LogP contribution in [0.3, 0.4) is 0 Å². The molecule has 1 rings (SSSR count). The van der Waals surface area contributed by atoms with Crippen LogP contribution in [0.1, 0.15) is 71.1 Å². The van der Waals surface area contributed by atoms with Crippen LogP contribution in [0.5, 0.6) is 0 Å². The quantitative estimate of drug-likeness (QED) is 0.127. The second kappa shape index (κ2) is 16.5. The van der Waals surface area contributed by atoms with E-state index in [1.165, 1.54) is 63.9 Å². The van der Waals surface area contributed by atoms with Gasteiger partial charge >= 0.3 is 5.97 Å². The zero-order valence-corrected chi connectivity index (χ0v) is 17.3. The van der Waals surface area contributed by atoms with Crippen LogP contribution >= 0.6 is 0 Å². The van der Waals surface area contributed by atoms with Gasteiger partial charge in [-0.3, -0.25) is 0 Å². The first-order valence-corrected chi connectivity index (χ1v) is 10.8. The van der Waals surface area contributed by atoms with Gasteiger partial charge in [0, 0.05) is 6.08 Å². The number of allylic oxidation sites excluding steroid dienone is 5. The third-order valence-corrected chi connectivity index (χ3v) is 4.78. The molecule has 5 heteroatoms. The zero-order chi connectivity index (χ0) is 20.5. The Balaban J connectivity index is 1.92. The second-order valence-corrected chi connectivity index (χ2v) is 7.30. The summed E-state index contributed by atoms with van der Waals surface area (Å²) in [5, 5.41) is 17.6. The van der Waals surface area contributed by atoms with Crippen LogP contribution in [0.25, 0.3) is 0 Å². The number of esters is 1. The molecule has 0 amide bonds. The number of unbranched alkanes of at least 4 members (excludes halogenated alkanes) is 6. The molecule has 2 N–H and O–H groups in total. The molecule has 0 saturated carbocycles. The van der Waals surface area contributed by atoms with Crippen LogP contribution in [-0.4, -0.2) is 47.7 Å². The van der Waals surface area contributed by atoms with E-state index in [0.717, 1.165) is 6.42 Å². The maximum absolute atomic E-state index is 11.4. The van der Waals surface area contributed by atoms with Crippen molar-refractivity contribution in [2.75, 3.05) is 13.2 Å².